The van der Waals surface area contributed by atoms with Crippen molar-refractivity contribution in [3.05, 3.63) is 41.4 Å². The quantitative estimate of drug-likeness (QED) is 0.670. The standard InChI is InChI=1S/C18H24N8O/c1-3-24(4-2)11-13-8-19-17-14(9-21-26(17)12-13)18(27)20-10-16-23-22-15-6-5-7-25(15)16/h8-9,12H,3-7,10-11H2,1-2H3,(H,20,27). The Morgan fingerprint density at radius 2 is 2.11 bits per heavy atom. The number of rotatable bonds is 7. The number of carbonyl (C=O) groups excluding carboxylic acids is 1. The second-order valence-electron chi connectivity index (χ2n) is 6.72. The number of carbonyl (C=O) groups is 1. The molecule has 3 aromatic rings. The molecule has 9 heteroatoms. The van der Waals surface area contributed by atoms with Crippen molar-refractivity contribution in [3.8, 4) is 0 Å². The summed E-state index contributed by atoms with van der Waals surface area (Å²) in [5, 5.41) is 15.5. The van der Waals surface area contributed by atoms with Gasteiger partial charge in [0.25, 0.3) is 5.91 Å². The largest absolute Gasteiger partial charge is 0.345 e. The molecule has 9 nitrogen and oxygen atoms in total. The highest BCUT2D eigenvalue weighted by atomic mass is 16.1. The van der Waals surface area contributed by atoms with Crippen molar-refractivity contribution in [2.24, 2.45) is 0 Å². The molecule has 0 spiro atoms. The Morgan fingerprint density at radius 1 is 1.26 bits per heavy atom. The summed E-state index contributed by atoms with van der Waals surface area (Å²) in [5.41, 5.74) is 2.09. The molecule has 1 N–H and O–H groups in total. The molecule has 4 heterocycles. The molecular weight excluding hydrogens is 344 g/mol. The molecule has 0 unspecified atom stereocenters. The smallest absolute Gasteiger partial charge is 0.257 e. The lowest BCUT2D eigenvalue weighted by Crippen LogP contribution is -2.25. The van der Waals surface area contributed by atoms with Crippen LogP contribution < -0.4 is 5.32 Å². The minimum atomic E-state index is -0.204. The third-order valence-electron chi connectivity index (χ3n) is 5.05. The van der Waals surface area contributed by atoms with Gasteiger partial charge in [0, 0.05) is 37.5 Å². The van der Waals surface area contributed by atoms with Gasteiger partial charge in [-0.25, -0.2) is 9.50 Å². The molecule has 0 bridgehead atoms. The minimum absolute atomic E-state index is 0.204. The lowest BCUT2D eigenvalue weighted by molar-refractivity contribution is 0.0951. The van der Waals surface area contributed by atoms with E-state index in [0.717, 1.165) is 56.2 Å². The van der Waals surface area contributed by atoms with Gasteiger partial charge in [-0.15, -0.1) is 10.2 Å². The van der Waals surface area contributed by atoms with Gasteiger partial charge in [0.15, 0.2) is 11.5 Å². The highest BCUT2D eigenvalue weighted by Crippen LogP contribution is 2.14. The predicted octanol–water partition coefficient (Wildman–Crippen LogP) is 1.04. The van der Waals surface area contributed by atoms with Crippen molar-refractivity contribution in [1.82, 2.24) is 39.6 Å². The van der Waals surface area contributed by atoms with Crippen LogP contribution in [0, 0.1) is 0 Å². The summed E-state index contributed by atoms with van der Waals surface area (Å²) >= 11 is 0. The summed E-state index contributed by atoms with van der Waals surface area (Å²) in [4.78, 5) is 19.4. The first-order valence-electron chi connectivity index (χ1n) is 9.43. The molecule has 1 aliphatic rings. The topological polar surface area (TPSA) is 93.2 Å². The number of aromatic nitrogens is 6. The molecule has 0 saturated heterocycles. The van der Waals surface area contributed by atoms with Crippen molar-refractivity contribution in [2.45, 2.75) is 46.3 Å². The van der Waals surface area contributed by atoms with Crippen molar-refractivity contribution in [1.29, 1.82) is 0 Å². The highest BCUT2D eigenvalue weighted by molar-refractivity contribution is 5.99. The zero-order valence-corrected chi connectivity index (χ0v) is 15.7. The average molecular weight is 368 g/mol. The summed E-state index contributed by atoms with van der Waals surface area (Å²) in [6.45, 7) is 8.31. The maximum atomic E-state index is 12.6. The molecule has 0 aliphatic carbocycles. The van der Waals surface area contributed by atoms with E-state index in [2.05, 4.69) is 48.9 Å². The first kappa shape index (κ1) is 17.6. The number of aryl methyl sites for hydroxylation is 1. The van der Waals surface area contributed by atoms with E-state index in [1.807, 2.05) is 12.4 Å². The van der Waals surface area contributed by atoms with Gasteiger partial charge in [0.1, 0.15) is 11.4 Å². The van der Waals surface area contributed by atoms with Crippen LogP contribution in [-0.4, -0.2) is 53.3 Å². The van der Waals surface area contributed by atoms with E-state index in [4.69, 9.17) is 0 Å². The SMILES string of the molecule is CCN(CC)Cc1cnc2c(C(=O)NCc3nnc4n3CCC4)cnn2c1. The van der Waals surface area contributed by atoms with Crippen LogP contribution in [0.4, 0.5) is 0 Å². The zero-order valence-electron chi connectivity index (χ0n) is 15.7. The first-order valence-corrected chi connectivity index (χ1v) is 9.43. The number of hydrogen-bond acceptors (Lipinski definition) is 6. The van der Waals surface area contributed by atoms with Gasteiger partial charge in [0.2, 0.25) is 0 Å². The summed E-state index contributed by atoms with van der Waals surface area (Å²) in [7, 11) is 0. The van der Waals surface area contributed by atoms with E-state index < -0.39 is 0 Å². The fourth-order valence-corrected chi connectivity index (χ4v) is 3.46. The Labute approximate surface area is 157 Å². The molecule has 0 atom stereocenters. The Kier molecular flexibility index (Phi) is 4.85. The van der Waals surface area contributed by atoms with Gasteiger partial charge < -0.3 is 9.88 Å². The molecule has 4 rings (SSSR count). The molecule has 0 fully saturated rings. The predicted molar refractivity (Wildman–Crippen MR) is 99.1 cm³/mol. The average Bonchev–Trinajstić information content (AvgIpc) is 3.39. The van der Waals surface area contributed by atoms with E-state index in [0.29, 0.717) is 17.8 Å². The van der Waals surface area contributed by atoms with Crippen LogP contribution in [0.15, 0.2) is 18.6 Å². The van der Waals surface area contributed by atoms with Crippen LogP contribution in [-0.2, 0) is 26.1 Å². The summed E-state index contributed by atoms with van der Waals surface area (Å²) in [5.74, 6) is 1.59. The van der Waals surface area contributed by atoms with Crippen molar-refractivity contribution < 1.29 is 4.79 Å². The molecule has 0 saturated carbocycles. The number of amides is 1. The maximum absolute atomic E-state index is 12.6. The Balaban J connectivity index is 1.47. The van der Waals surface area contributed by atoms with E-state index in [1.165, 1.54) is 0 Å². The van der Waals surface area contributed by atoms with Gasteiger partial charge in [-0.05, 0) is 19.5 Å². The maximum Gasteiger partial charge on any atom is 0.257 e. The van der Waals surface area contributed by atoms with Crippen LogP contribution in [0.25, 0.3) is 5.65 Å². The second-order valence-corrected chi connectivity index (χ2v) is 6.72. The lowest BCUT2D eigenvalue weighted by Gasteiger charge is -2.17. The number of nitrogens with one attached hydrogen (secondary N) is 1. The fourth-order valence-electron chi connectivity index (χ4n) is 3.46. The molecule has 27 heavy (non-hydrogen) atoms. The van der Waals surface area contributed by atoms with E-state index in [-0.39, 0.29) is 5.91 Å². The molecule has 142 valence electrons. The van der Waals surface area contributed by atoms with Crippen molar-refractivity contribution in [2.75, 3.05) is 13.1 Å². The van der Waals surface area contributed by atoms with Crippen LogP contribution in [0.3, 0.4) is 0 Å². The van der Waals surface area contributed by atoms with E-state index >= 15 is 0 Å². The third kappa shape index (κ3) is 3.42. The molecular formula is C18H24N8O. The van der Waals surface area contributed by atoms with Gasteiger partial charge in [-0.1, -0.05) is 13.8 Å². The van der Waals surface area contributed by atoms with Crippen molar-refractivity contribution in [3.63, 3.8) is 0 Å². The number of hydrogen-bond donors (Lipinski definition) is 1. The first-order chi connectivity index (χ1) is 13.2. The molecule has 0 aromatic carbocycles. The Bertz CT molecular complexity index is 956. The monoisotopic (exact) mass is 368 g/mol. The molecule has 3 aromatic heterocycles. The summed E-state index contributed by atoms with van der Waals surface area (Å²) in [6, 6.07) is 0. The van der Waals surface area contributed by atoms with Gasteiger partial charge in [0.05, 0.1) is 12.7 Å². The van der Waals surface area contributed by atoms with Gasteiger partial charge in [-0.2, -0.15) is 5.10 Å². The third-order valence-corrected chi connectivity index (χ3v) is 5.05. The second kappa shape index (κ2) is 7.43. The molecule has 0 radical (unpaired) electrons. The van der Waals surface area contributed by atoms with Crippen molar-refractivity contribution >= 4 is 11.6 Å². The fraction of sp³-hybridized carbons (Fsp3) is 0.500. The molecule has 1 amide bonds. The van der Waals surface area contributed by atoms with Crippen LogP contribution in [0.5, 0.6) is 0 Å². The Morgan fingerprint density at radius 3 is 2.93 bits per heavy atom. The Hall–Kier alpha value is -2.81. The molecule has 1 aliphatic heterocycles. The van der Waals surface area contributed by atoms with Gasteiger partial charge >= 0.3 is 0 Å². The van der Waals surface area contributed by atoms with Crippen LogP contribution >= 0.6 is 0 Å². The van der Waals surface area contributed by atoms with Crippen LogP contribution in [0.2, 0.25) is 0 Å². The lowest BCUT2D eigenvalue weighted by atomic mass is 10.3. The minimum Gasteiger partial charge on any atom is -0.345 e. The number of nitrogens with zero attached hydrogens (tertiary/aromatic N) is 7. The zero-order chi connectivity index (χ0) is 18.8. The highest BCUT2D eigenvalue weighted by Gasteiger charge is 2.19. The number of fused-ring (bicyclic) bond motifs is 2. The van der Waals surface area contributed by atoms with Crippen LogP contribution in [0.1, 0.15) is 47.8 Å². The van der Waals surface area contributed by atoms with E-state index in [9.17, 15) is 4.79 Å². The van der Waals surface area contributed by atoms with Gasteiger partial charge in [-0.3, -0.25) is 9.69 Å². The summed E-state index contributed by atoms with van der Waals surface area (Å²) < 4.78 is 3.75. The van der Waals surface area contributed by atoms with E-state index in [1.54, 1.807) is 10.7 Å². The normalized spacial score (nSPS) is 13.4. The summed E-state index contributed by atoms with van der Waals surface area (Å²) in [6.07, 6.45) is 7.35.